The summed E-state index contributed by atoms with van der Waals surface area (Å²) in [5.74, 6) is 0.645. The maximum atomic E-state index is 14.0. The van der Waals surface area contributed by atoms with Crippen molar-refractivity contribution in [3.8, 4) is 0 Å². The number of hydrogen-bond donors (Lipinski definition) is 1. The molecule has 1 N–H and O–H groups in total. The summed E-state index contributed by atoms with van der Waals surface area (Å²) in [4.78, 5) is 2.32. The zero-order valence-corrected chi connectivity index (χ0v) is 23.4. The number of aromatic nitrogens is 2. The molecule has 39 heavy (non-hydrogen) atoms. The predicted molar refractivity (Wildman–Crippen MR) is 158 cm³/mol. The fourth-order valence-corrected chi connectivity index (χ4v) is 6.87. The topological polar surface area (TPSA) is 67.2 Å². The first-order valence-corrected chi connectivity index (χ1v) is 15.0. The van der Waals surface area contributed by atoms with Gasteiger partial charge in [-0.3, -0.25) is 0 Å². The first-order chi connectivity index (χ1) is 18.8. The molecule has 0 spiro atoms. The van der Waals surface area contributed by atoms with Crippen LogP contribution in [0.15, 0.2) is 89.8 Å². The smallest absolute Gasteiger partial charge is 0.283 e. The van der Waals surface area contributed by atoms with E-state index in [2.05, 4.69) is 58.8 Å². The fourth-order valence-electron chi connectivity index (χ4n) is 5.55. The highest BCUT2D eigenvalue weighted by Crippen LogP contribution is 2.44. The monoisotopic (exact) mass is 538 g/mol. The molecule has 1 fully saturated rings. The van der Waals surface area contributed by atoms with Crippen LogP contribution in [0.4, 0.5) is 11.5 Å². The van der Waals surface area contributed by atoms with Gasteiger partial charge < -0.3 is 10.2 Å². The van der Waals surface area contributed by atoms with Crippen LogP contribution >= 0.6 is 0 Å². The van der Waals surface area contributed by atoms with Crippen LogP contribution in [0.1, 0.15) is 47.2 Å². The van der Waals surface area contributed by atoms with Gasteiger partial charge in [-0.15, -0.1) is 5.10 Å². The number of rotatable bonds is 7. The Bertz CT molecular complexity index is 1620. The van der Waals surface area contributed by atoms with Crippen LogP contribution in [-0.4, -0.2) is 37.7 Å². The number of allylic oxidation sites excluding steroid dienone is 1. The molecule has 6 nitrogen and oxygen atoms in total. The summed E-state index contributed by atoms with van der Waals surface area (Å²) in [6, 6.07) is 26.2. The number of aryl methyl sites for hydroxylation is 1. The van der Waals surface area contributed by atoms with Gasteiger partial charge >= 0.3 is 0 Å². The molecule has 0 radical (unpaired) electrons. The first-order valence-electron chi connectivity index (χ1n) is 13.5. The van der Waals surface area contributed by atoms with Crippen LogP contribution in [0, 0.1) is 6.92 Å². The third kappa shape index (κ3) is 4.44. The molecule has 2 aliphatic carbocycles. The van der Waals surface area contributed by atoms with Gasteiger partial charge in [0.25, 0.3) is 10.0 Å². The second kappa shape index (κ2) is 9.72. The van der Waals surface area contributed by atoms with E-state index in [9.17, 15) is 8.42 Å². The lowest BCUT2D eigenvalue weighted by molar-refractivity contribution is 0.444. The molecule has 7 heteroatoms. The largest absolute Gasteiger partial charge is 0.378 e. The van der Waals surface area contributed by atoms with E-state index < -0.39 is 15.4 Å². The second-order valence-corrected chi connectivity index (χ2v) is 12.7. The number of anilines is 2. The highest BCUT2D eigenvalue weighted by atomic mass is 32.2. The van der Waals surface area contributed by atoms with E-state index in [1.165, 1.54) is 10.5 Å². The average molecular weight is 539 g/mol. The van der Waals surface area contributed by atoms with E-state index in [0.717, 1.165) is 40.8 Å². The molecule has 4 aromatic rings. The van der Waals surface area contributed by atoms with Crippen molar-refractivity contribution >= 4 is 27.6 Å². The SMILES string of the molecule is Cc1ccc(S(=O)(=O)n2nc(NC3CCC3)c3c2CC(c2ccccc2)(c2ccc(N(C)C)cc2)C=C3)cc1. The summed E-state index contributed by atoms with van der Waals surface area (Å²) >= 11 is 0. The van der Waals surface area contributed by atoms with Crippen molar-refractivity contribution in [2.24, 2.45) is 0 Å². The van der Waals surface area contributed by atoms with E-state index in [4.69, 9.17) is 5.10 Å². The van der Waals surface area contributed by atoms with Gasteiger partial charge in [0.15, 0.2) is 5.82 Å². The third-order valence-corrected chi connectivity index (χ3v) is 9.77. The highest BCUT2D eigenvalue weighted by Gasteiger charge is 2.40. The van der Waals surface area contributed by atoms with Crippen LogP contribution < -0.4 is 10.2 Å². The molecule has 0 bridgehead atoms. The average Bonchev–Trinajstić information content (AvgIpc) is 3.29. The zero-order chi connectivity index (χ0) is 27.2. The van der Waals surface area contributed by atoms with Gasteiger partial charge in [0.05, 0.1) is 10.6 Å². The summed E-state index contributed by atoms with van der Waals surface area (Å²) < 4.78 is 29.4. The van der Waals surface area contributed by atoms with Crippen molar-refractivity contribution in [2.45, 2.75) is 49.0 Å². The molecule has 200 valence electrons. The van der Waals surface area contributed by atoms with Crippen molar-refractivity contribution < 1.29 is 8.42 Å². The first kappa shape index (κ1) is 25.4. The standard InChI is InChI=1S/C32H34N4O2S/c1-23-12-18-28(19-13-23)39(37,38)36-30-22-32(24-8-5-4-6-9-24,25-14-16-27(17-15-25)35(2)3)21-20-29(30)31(34-36)33-26-10-7-11-26/h4-6,8-9,12-21,26H,7,10-11,22H2,1-3H3,(H,33,34). The Kier molecular flexibility index (Phi) is 6.34. The van der Waals surface area contributed by atoms with Crippen molar-refractivity contribution in [2.75, 3.05) is 24.3 Å². The van der Waals surface area contributed by atoms with Crippen molar-refractivity contribution in [3.05, 3.63) is 113 Å². The number of nitrogens with one attached hydrogen (secondary N) is 1. The molecule has 1 heterocycles. The van der Waals surface area contributed by atoms with Gasteiger partial charge in [-0.25, -0.2) is 0 Å². The Balaban J connectivity index is 1.53. The molecule has 0 amide bonds. The van der Waals surface area contributed by atoms with E-state index in [1.54, 1.807) is 12.1 Å². The number of hydrogen-bond acceptors (Lipinski definition) is 5. The highest BCUT2D eigenvalue weighted by molar-refractivity contribution is 7.89. The molecule has 0 saturated heterocycles. The number of nitrogens with zero attached hydrogens (tertiary/aromatic N) is 3. The quantitative estimate of drug-likeness (QED) is 0.312. The van der Waals surface area contributed by atoms with E-state index in [0.29, 0.717) is 24.0 Å². The van der Waals surface area contributed by atoms with Crippen molar-refractivity contribution in [1.29, 1.82) is 0 Å². The maximum Gasteiger partial charge on any atom is 0.283 e. The summed E-state index contributed by atoms with van der Waals surface area (Å²) in [5, 5.41) is 8.27. The van der Waals surface area contributed by atoms with Crippen molar-refractivity contribution in [1.82, 2.24) is 9.19 Å². The van der Waals surface area contributed by atoms with E-state index in [1.807, 2.05) is 51.4 Å². The molecule has 1 unspecified atom stereocenters. The molecule has 0 aliphatic heterocycles. The van der Waals surface area contributed by atoms with Gasteiger partial charge in [0.2, 0.25) is 0 Å². The van der Waals surface area contributed by atoms with Gasteiger partial charge in [-0.05, 0) is 61.6 Å². The summed E-state index contributed by atoms with van der Waals surface area (Å²) in [6.07, 6.45) is 8.09. The fraction of sp³-hybridized carbons (Fsp3) is 0.281. The summed E-state index contributed by atoms with van der Waals surface area (Å²) in [6.45, 7) is 1.95. The second-order valence-electron chi connectivity index (χ2n) is 10.9. The molecule has 2 aliphatic rings. The van der Waals surface area contributed by atoms with Crippen LogP contribution in [0.25, 0.3) is 6.08 Å². The lowest BCUT2D eigenvalue weighted by Gasteiger charge is -2.35. The molecule has 3 aromatic carbocycles. The third-order valence-electron chi connectivity index (χ3n) is 8.15. The molecule has 1 aromatic heterocycles. The lowest BCUT2D eigenvalue weighted by Crippen LogP contribution is -2.32. The molecular weight excluding hydrogens is 504 g/mol. The molecule has 1 saturated carbocycles. The zero-order valence-electron chi connectivity index (χ0n) is 22.6. The number of benzene rings is 3. The van der Waals surface area contributed by atoms with Gasteiger partial charge in [0.1, 0.15) is 0 Å². The van der Waals surface area contributed by atoms with Crippen molar-refractivity contribution in [3.63, 3.8) is 0 Å². The minimum Gasteiger partial charge on any atom is -0.378 e. The Morgan fingerprint density at radius 1 is 0.923 bits per heavy atom. The number of fused-ring (bicyclic) bond motifs is 1. The van der Waals surface area contributed by atoms with Crippen LogP contribution in [-0.2, 0) is 21.9 Å². The van der Waals surface area contributed by atoms with Crippen LogP contribution in [0.3, 0.4) is 0 Å². The molecule has 1 atom stereocenters. The Morgan fingerprint density at radius 3 is 2.21 bits per heavy atom. The summed E-state index contributed by atoms with van der Waals surface area (Å²) in [7, 11) is 0.147. The van der Waals surface area contributed by atoms with Crippen LogP contribution in [0.2, 0.25) is 0 Å². The molecular formula is C32H34N4O2S. The molecule has 6 rings (SSSR count). The van der Waals surface area contributed by atoms with Crippen LogP contribution in [0.5, 0.6) is 0 Å². The Labute approximate surface area is 231 Å². The predicted octanol–water partition coefficient (Wildman–Crippen LogP) is 6.01. The normalized spacial score (nSPS) is 18.8. The Hall–Kier alpha value is -3.84. The van der Waals surface area contributed by atoms with Gasteiger partial charge in [-0.2, -0.15) is 12.5 Å². The maximum absolute atomic E-state index is 14.0. The van der Waals surface area contributed by atoms with E-state index >= 15 is 0 Å². The minimum absolute atomic E-state index is 0.240. The minimum atomic E-state index is -3.91. The summed E-state index contributed by atoms with van der Waals surface area (Å²) in [5.41, 5.74) is 5.34. The van der Waals surface area contributed by atoms with E-state index in [-0.39, 0.29) is 4.90 Å². The van der Waals surface area contributed by atoms with Gasteiger partial charge in [-0.1, -0.05) is 72.3 Å². The van der Waals surface area contributed by atoms with Gasteiger partial charge in [0, 0.05) is 43.2 Å². The lowest BCUT2D eigenvalue weighted by atomic mass is 9.68. The Morgan fingerprint density at radius 2 is 1.59 bits per heavy atom.